The quantitative estimate of drug-likeness (QED) is 0.158. The van der Waals surface area contributed by atoms with E-state index in [2.05, 4.69) is 15.0 Å². The Morgan fingerprint density at radius 3 is 2.08 bits per heavy atom. The number of amides is 1. The molecule has 0 atom stereocenters. The van der Waals surface area contributed by atoms with Gasteiger partial charge in [0.1, 0.15) is 28.6 Å². The molecule has 0 bridgehead atoms. The Morgan fingerprint density at radius 2 is 1.51 bits per heavy atom. The first-order chi connectivity index (χ1) is 22.7. The SMILES string of the molecule is CC(C)(C)OC(=O)CN(C(=O)OC(C)(C)C)c1cccc(CN(Cc2ccc(-c3nc(C(F)(F)F)cs3)cc2)S(=O)(=O)c2ccccn2)n1. The largest absolute Gasteiger partial charge is 0.459 e. The van der Waals surface area contributed by atoms with Gasteiger partial charge in [-0.05, 0) is 71.4 Å². The fraction of sp³-hybridized carbons (Fsp3) is 0.364. The molecule has 0 radical (unpaired) electrons. The van der Waals surface area contributed by atoms with Crippen molar-refractivity contribution in [3.63, 3.8) is 0 Å². The summed E-state index contributed by atoms with van der Waals surface area (Å²) in [5.74, 6) is -0.681. The molecular formula is C33H36F3N5O6S2. The number of pyridine rings is 2. The van der Waals surface area contributed by atoms with Crippen LogP contribution in [0.15, 0.2) is 77.3 Å². The zero-order valence-electron chi connectivity index (χ0n) is 27.7. The predicted molar refractivity (Wildman–Crippen MR) is 177 cm³/mol. The van der Waals surface area contributed by atoms with E-state index in [9.17, 15) is 31.2 Å². The highest BCUT2D eigenvalue weighted by Crippen LogP contribution is 2.34. The van der Waals surface area contributed by atoms with E-state index in [-0.39, 0.29) is 34.6 Å². The predicted octanol–water partition coefficient (Wildman–Crippen LogP) is 7.09. The highest BCUT2D eigenvalue weighted by atomic mass is 32.2. The summed E-state index contributed by atoms with van der Waals surface area (Å²) >= 11 is 0.847. The van der Waals surface area contributed by atoms with Gasteiger partial charge in [-0.25, -0.2) is 28.2 Å². The number of benzene rings is 1. The van der Waals surface area contributed by atoms with Gasteiger partial charge in [-0.15, -0.1) is 11.3 Å². The van der Waals surface area contributed by atoms with E-state index in [1.54, 1.807) is 84.0 Å². The standard InChI is InChI=1S/C33H36F3N5O6S2/c1-31(2,3)46-28(42)20-41(30(43)47-32(4,5)6)26-11-9-10-24(38-26)19-40(49(44,45)27-12-7-8-17-37-27)18-22-13-15-23(16-14-22)29-39-25(21-48-29)33(34,35)36/h7-17,21H,18-20H2,1-6H3. The molecule has 0 saturated heterocycles. The lowest BCUT2D eigenvalue weighted by Crippen LogP contribution is -2.42. The summed E-state index contributed by atoms with van der Waals surface area (Å²) in [6.45, 7) is 9.12. The van der Waals surface area contributed by atoms with Crippen molar-refractivity contribution in [1.29, 1.82) is 0 Å². The first kappa shape index (κ1) is 37.4. The molecule has 0 aliphatic heterocycles. The van der Waals surface area contributed by atoms with E-state index < -0.39 is 51.7 Å². The summed E-state index contributed by atoms with van der Waals surface area (Å²) in [5.41, 5.74) is -1.53. The molecule has 49 heavy (non-hydrogen) atoms. The normalized spacial score (nSPS) is 12.5. The molecule has 3 heterocycles. The highest BCUT2D eigenvalue weighted by Gasteiger charge is 2.34. The monoisotopic (exact) mass is 719 g/mol. The summed E-state index contributed by atoms with van der Waals surface area (Å²) in [4.78, 5) is 39.3. The van der Waals surface area contributed by atoms with Crippen LogP contribution in [-0.4, -0.2) is 57.5 Å². The molecule has 0 N–H and O–H groups in total. The topological polar surface area (TPSA) is 132 Å². The van der Waals surface area contributed by atoms with Crippen molar-refractivity contribution >= 4 is 39.2 Å². The molecular weight excluding hydrogens is 684 g/mol. The van der Waals surface area contributed by atoms with Crippen molar-refractivity contribution in [3.05, 3.63) is 89.2 Å². The van der Waals surface area contributed by atoms with Crippen LogP contribution in [0.4, 0.5) is 23.8 Å². The number of halogens is 3. The number of aromatic nitrogens is 3. The van der Waals surface area contributed by atoms with Crippen LogP contribution >= 0.6 is 11.3 Å². The lowest BCUT2D eigenvalue weighted by molar-refractivity contribution is -0.153. The molecule has 4 aromatic rings. The lowest BCUT2D eigenvalue weighted by Gasteiger charge is -2.28. The molecule has 11 nitrogen and oxygen atoms in total. The Balaban J connectivity index is 1.66. The van der Waals surface area contributed by atoms with Crippen LogP contribution in [-0.2, 0) is 43.6 Å². The highest BCUT2D eigenvalue weighted by molar-refractivity contribution is 7.89. The van der Waals surface area contributed by atoms with Crippen LogP contribution < -0.4 is 4.90 Å². The van der Waals surface area contributed by atoms with Crippen LogP contribution in [0.1, 0.15) is 58.5 Å². The second-order valence-electron chi connectivity index (χ2n) is 12.8. The molecule has 1 amide bonds. The smallest absolute Gasteiger partial charge is 0.434 e. The Bertz CT molecular complexity index is 1870. The van der Waals surface area contributed by atoms with Gasteiger partial charge in [-0.3, -0.25) is 9.69 Å². The molecule has 3 aromatic heterocycles. The Morgan fingerprint density at radius 1 is 0.837 bits per heavy atom. The fourth-order valence-corrected chi connectivity index (χ4v) is 6.46. The van der Waals surface area contributed by atoms with Crippen molar-refractivity contribution in [2.24, 2.45) is 0 Å². The number of carbonyl (C=O) groups is 2. The molecule has 0 unspecified atom stereocenters. The van der Waals surface area contributed by atoms with Gasteiger partial charge in [-0.2, -0.15) is 17.5 Å². The van der Waals surface area contributed by atoms with E-state index in [0.29, 0.717) is 11.1 Å². The van der Waals surface area contributed by atoms with E-state index in [1.165, 1.54) is 24.4 Å². The van der Waals surface area contributed by atoms with Crippen molar-refractivity contribution in [2.75, 3.05) is 11.4 Å². The van der Waals surface area contributed by atoms with Crippen molar-refractivity contribution in [1.82, 2.24) is 19.3 Å². The first-order valence-corrected chi connectivity index (χ1v) is 17.2. The Hall–Kier alpha value is -4.41. The maximum atomic E-state index is 13.9. The number of esters is 1. The number of hydrogen-bond donors (Lipinski definition) is 0. The molecule has 0 aliphatic carbocycles. The maximum absolute atomic E-state index is 13.9. The van der Waals surface area contributed by atoms with Crippen molar-refractivity contribution in [3.8, 4) is 10.6 Å². The van der Waals surface area contributed by atoms with Gasteiger partial charge in [0.2, 0.25) is 0 Å². The molecule has 0 fully saturated rings. The number of thiazole rings is 1. The summed E-state index contributed by atoms with van der Waals surface area (Å²) < 4.78 is 79.0. The minimum atomic E-state index is -4.57. The van der Waals surface area contributed by atoms with Crippen molar-refractivity contribution < 1.29 is 40.7 Å². The van der Waals surface area contributed by atoms with Gasteiger partial charge in [0.15, 0.2) is 10.7 Å². The van der Waals surface area contributed by atoms with Crippen LogP contribution in [0.5, 0.6) is 0 Å². The number of anilines is 1. The second kappa shape index (κ2) is 14.6. The van der Waals surface area contributed by atoms with Gasteiger partial charge in [0.25, 0.3) is 10.0 Å². The number of ether oxygens (including phenoxy) is 2. The van der Waals surface area contributed by atoms with Crippen LogP contribution in [0.3, 0.4) is 0 Å². The third-order valence-corrected chi connectivity index (χ3v) is 8.92. The van der Waals surface area contributed by atoms with E-state index in [0.717, 1.165) is 25.9 Å². The van der Waals surface area contributed by atoms with Crippen LogP contribution in [0.25, 0.3) is 10.6 Å². The zero-order chi connectivity index (χ0) is 36.2. The average molecular weight is 720 g/mol. The van der Waals surface area contributed by atoms with Gasteiger partial charge in [0, 0.05) is 23.7 Å². The van der Waals surface area contributed by atoms with E-state index in [1.807, 2.05) is 0 Å². The second-order valence-corrected chi connectivity index (χ2v) is 15.6. The number of alkyl halides is 3. The molecule has 0 spiro atoms. The van der Waals surface area contributed by atoms with Gasteiger partial charge in [0.05, 0.1) is 12.2 Å². The maximum Gasteiger partial charge on any atom is 0.434 e. The lowest BCUT2D eigenvalue weighted by atomic mass is 10.1. The van der Waals surface area contributed by atoms with Crippen LogP contribution in [0, 0.1) is 0 Å². The third-order valence-electron chi connectivity index (χ3n) is 6.32. The number of rotatable bonds is 10. The molecule has 1 aromatic carbocycles. The van der Waals surface area contributed by atoms with Crippen molar-refractivity contribution in [2.45, 2.75) is 77.0 Å². The van der Waals surface area contributed by atoms with E-state index >= 15 is 0 Å². The van der Waals surface area contributed by atoms with Gasteiger partial charge < -0.3 is 9.47 Å². The third kappa shape index (κ3) is 10.5. The first-order valence-electron chi connectivity index (χ1n) is 14.9. The molecule has 262 valence electrons. The Labute approximate surface area is 286 Å². The van der Waals surface area contributed by atoms with Gasteiger partial charge in [-0.1, -0.05) is 36.4 Å². The molecule has 0 aliphatic rings. The molecule has 4 rings (SSSR count). The Kier molecular flexibility index (Phi) is 11.1. The average Bonchev–Trinajstić information content (AvgIpc) is 3.50. The number of carbonyl (C=O) groups excluding carboxylic acids is 2. The zero-order valence-corrected chi connectivity index (χ0v) is 29.3. The summed E-state index contributed by atoms with van der Waals surface area (Å²) in [5, 5.41) is 0.882. The fourth-order valence-electron chi connectivity index (χ4n) is 4.30. The minimum Gasteiger partial charge on any atom is -0.459 e. The summed E-state index contributed by atoms with van der Waals surface area (Å²) in [6.07, 6.45) is -4.08. The molecule has 0 saturated carbocycles. The van der Waals surface area contributed by atoms with E-state index in [4.69, 9.17) is 9.47 Å². The summed E-state index contributed by atoms with van der Waals surface area (Å²) in [7, 11) is -4.22. The molecule has 16 heteroatoms. The summed E-state index contributed by atoms with van der Waals surface area (Å²) in [6, 6.07) is 15.4. The number of nitrogens with zero attached hydrogens (tertiary/aromatic N) is 5. The number of hydrogen-bond acceptors (Lipinski definition) is 10. The van der Waals surface area contributed by atoms with Gasteiger partial charge >= 0.3 is 18.2 Å². The minimum absolute atomic E-state index is 0.0267. The number of sulfonamides is 1. The van der Waals surface area contributed by atoms with Crippen LogP contribution in [0.2, 0.25) is 0 Å².